The van der Waals surface area contributed by atoms with E-state index in [9.17, 15) is 14.7 Å². The van der Waals surface area contributed by atoms with Gasteiger partial charge in [0, 0.05) is 19.0 Å². The smallest absolute Gasteiger partial charge is 0.290 e. The van der Waals surface area contributed by atoms with E-state index in [1.54, 1.807) is 43.3 Å². The molecule has 1 aromatic carbocycles. The number of carbonyl (C=O) groups is 2. The van der Waals surface area contributed by atoms with Gasteiger partial charge in [-0.15, -0.1) is 0 Å². The summed E-state index contributed by atoms with van der Waals surface area (Å²) < 4.78 is 21.8. The molecule has 3 heterocycles. The Bertz CT molecular complexity index is 1150. The number of rotatable bonds is 7. The number of aliphatic hydroxyl groups is 1. The third-order valence-electron chi connectivity index (χ3n) is 5.07. The molecule has 1 N–H and O–H groups in total. The third kappa shape index (κ3) is 3.15. The van der Waals surface area contributed by atoms with Gasteiger partial charge in [0.2, 0.25) is 5.78 Å². The zero-order valence-electron chi connectivity index (χ0n) is 16.8. The van der Waals surface area contributed by atoms with E-state index in [0.29, 0.717) is 28.2 Å². The number of aryl methyl sites for hydroxylation is 1. The zero-order valence-corrected chi connectivity index (χ0v) is 16.8. The van der Waals surface area contributed by atoms with E-state index in [2.05, 4.69) is 0 Å². The van der Waals surface area contributed by atoms with E-state index >= 15 is 0 Å². The number of ether oxygens (including phenoxy) is 2. The van der Waals surface area contributed by atoms with E-state index in [4.69, 9.17) is 18.3 Å². The van der Waals surface area contributed by atoms with Crippen molar-refractivity contribution in [3.8, 4) is 5.75 Å². The summed E-state index contributed by atoms with van der Waals surface area (Å²) in [4.78, 5) is 27.5. The Morgan fingerprint density at radius 2 is 2.00 bits per heavy atom. The zero-order chi connectivity index (χ0) is 21.4. The molecule has 8 nitrogen and oxygen atoms in total. The van der Waals surface area contributed by atoms with Crippen LogP contribution >= 0.6 is 0 Å². The maximum Gasteiger partial charge on any atom is 0.290 e. The van der Waals surface area contributed by atoms with Crippen molar-refractivity contribution in [3.05, 3.63) is 65.0 Å². The van der Waals surface area contributed by atoms with Crippen molar-refractivity contribution in [2.45, 2.75) is 13.0 Å². The van der Waals surface area contributed by atoms with Crippen LogP contribution in [0.2, 0.25) is 0 Å². The predicted octanol–water partition coefficient (Wildman–Crippen LogP) is 3.57. The molecule has 3 aromatic rings. The third-order valence-corrected chi connectivity index (χ3v) is 5.07. The second-order valence-electron chi connectivity index (χ2n) is 6.92. The predicted molar refractivity (Wildman–Crippen MR) is 107 cm³/mol. The van der Waals surface area contributed by atoms with Crippen LogP contribution in [0.1, 0.15) is 28.1 Å². The molecule has 0 saturated carbocycles. The Hall–Kier alpha value is -3.52. The van der Waals surface area contributed by atoms with Gasteiger partial charge < -0.3 is 28.3 Å². The van der Waals surface area contributed by atoms with Crippen LogP contribution in [0.25, 0.3) is 11.0 Å². The number of benzene rings is 1. The van der Waals surface area contributed by atoms with Crippen molar-refractivity contribution >= 4 is 22.7 Å². The quantitative estimate of drug-likeness (QED) is 0.593. The lowest BCUT2D eigenvalue weighted by atomic mass is 9.99. The van der Waals surface area contributed by atoms with Gasteiger partial charge in [-0.2, -0.15) is 0 Å². The molecular weight excluding hydrogens is 390 g/mol. The monoisotopic (exact) mass is 411 g/mol. The van der Waals surface area contributed by atoms with Gasteiger partial charge in [-0.1, -0.05) is 12.1 Å². The lowest BCUT2D eigenvalue weighted by Crippen LogP contribution is -2.33. The molecule has 1 unspecified atom stereocenters. The van der Waals surface area contributed by atoms with Crippen molar-refractivity contribution < 1.29 is 33.0 Å². The van der Waals surface area contributed by atoms with Crippen LogP contribution in [0.3, 0.4) is 0 Å². The number of hydrogen-bond donors (Lipinski definition) is 1. The molecule has 0 radical (unpaired) electrons. The largest absolute Gasteiger partial charge is 0.503 e. The van der Waals surface area contributed by atoms with Gasteiger partial charge >= 0.3 is 0 Å². The molecule has 1 aliphatic rings. The summed E-state index contributed by atoms with van der Waals surface area (Å²) in [7, 11) is 3.01. The molecule has 0 saturated heterocycles. The first kappa shape index (κ1) is 19.8. The van der Waals surface area contributed by atoms with Gasteiger partial charge in [-0.05, 0) is 31.2 Å². The molecule has 2 aromatic heterocycles. The van der Waals surface area contributed by atoms with Crippen LogP contribution in [0, 0.1) is 6.92 Å². The maximum absolute atomic E-state index is 13.4. The standard InChI is InChI=1S/C22H21NO7/c1-12-7-8-14(29-12)18-17(20(25)22(26)23(18)9-10-27-2)19(24)16-11-13-5-4-6-15(28-3)21(13)30-16/h4-8,11,18,25H,9-10H2,1-3H3. The Kier molecular flexibility index (Phi) is 5.09. The second kappa shape index (κ2) is 7.72. The summed E-state index contributed by atoms with van der Waals surface area (Å²) in [5.41, 5.74) is 0.317. The minimum atomic E-state index is -0.885. The molecule has 1 amide bonds. The molecule has 0 spiro atoms. The van der Waals surface area contributed by atoms with Gasteiger partial charge in [0.25, 0.3) is 5.91 Å². The van der Waals surface area contributed by atoms with Crippen LogP contribution in [0.4, 0.5) is 0 Å². The van der Waals surface area contributed by atoms with Crippen molar-refractivity contribution in [1.82, 2.24) is 4.90 Å². The van der Waals surface area contributed by atoms with Gasteiger partial charge in [0.15, 0.2) is 22.9 Å². The first-order valence-corrected chi connectivity index (χ1v) is 9.37. The van der Waals surface area contributed by atoms with Crippen LogP contribution < -0.4 is 4.74 Å². The number of ketones is 1. The number of para-hydroxylation sites is 1. The van der Waals surface area contributed by atoms with Crippen LogP contribution in [0.15, 0.2) is 56.6 Å². The van der Waals surface area contributed by atoms with Crippen LogP contribution in [-0.2, 0) is 9.53 Å². The SMILES string of the molecule is COCCN1C(=O)C(O)=C(C(=O)c2cc3cccc(OC)c3o2)C1c1ccc(C)o1. The number of aliphatic hydroxyl groups excluding tert-OH is 1. The number of Topliss-reactive ketones (excluding diaryl/α,β-unsaturated/α-hetero) is 1. The van der Waals surface area contributed by atoms with Crippen molar-refractivity contribution in [1.29, 1.82) is 0 Å². The van der Waals surface area contributed by atoms with Crippen LogP contribution in [-0.4, -0.2) is 49.1 Å². The highest BCUT2D eigenvalue weighted by molar-refractivity contribution is 6.16. The molecule has 1 aliphatic heterocycles. The topological polar surface area (TPSA) is 102 Å². The Morgan fingerprint density at radius 3 is 2.67 bits per heavy atom. The number of furan rings is 2. The lowest BCUT2D eigenvalue weighted by Gasteiger charge is -2.24. The minimum Gasteiger partial charge on any atom is -0.503 e. The average molecular weight is 411 g/mol. The number of nitrogens with zero attached hydrogens (tertiary/aromatic N) is 1. The van der Waals surface area contributed by atoms with E-state index in [-0.39, 0.29) is 24.5 Å². The fraction of sp³-hybridized carbons (Fsp3) is 0.273. The van der Waals surface area contributed by atoms with Gasteiger partial charge in [0.05, 0.1) is 19.3 Å². The molecule has 0 fully saturated rings. The number of amides is 1. The Morgan fingerprint density at radius 1 is 1.20 bits per heavy atom. The first-order chi connectivity index (χ1) is 14.5. The molecule has 1 atom stereocenters. The van der Waals surface area contributed by atoms with E-state index in [0.717, 1.165) is 0 Å². The normalized spacial score (nSPS) is 16.7. The Balaban J connectivity index is 1.80. The maximum atomic E-state index is 13.4. The molecule has 8 heteroatoms. The van der Waals surface area contributed by atoms with Crippen molar-refractivity contribution in [3.63, 3.8) is 0 Å². The lowest BCUT2D eigenvalue weighted by molar-refractivity contribution is -0.130. The van der Waals surface area contributed by atoms with E-state index in [1.807, 2.05) is 0 Å². The number of hydrogen-bond acceptors (Lipinski definition) is 7. The summed E-state index contributed by atoms with van der Waals surface area (Å²) in [6.07, 6.45) is 0. The van der Waals surface area contributed by atoms with E-state index < -0.39 is 23.5 Å². The Labute approximate surface area is 172 Å². The van der Waals surface area contributed by atoms with Crippen LogP contribution in [0.5, 0.6) is 5.75 Å². The fourth-order valence-electron chi connectivity index (χ4n) is 3.64. The highest BCUT2D eigenvalue weighted by Crippen LogP contribution is 2.40. The van der Waals surface area contributed by atoms with Gasteiger partial charge in [-0.25, -0.2) is 0 Å². The first-order valence-electron chi connectivity index (χ1n) is 9.37. The summed E-state index contributed by atoms with van der Waals surface area (Å²) in [6, 6.07) is 9.37. The molecular formula is C22H21NO7. The minimum absolute atomic E-state index is 0.00859. The summed E-state index contributed by atoms with van der Waals surface area (Å²) in [6.45, 7) is 2.17. The van der Waals surface area contributed by atoms with Crippen molar-refractivity contribution in [2.75, 3.05) is 27.4 Å². The second-order valence-corrected chi connectivity index (χ2v) is 6.92. The van der Waals surface area contributed by atoms with Gasteiger partial charge in [0.1, 0.15) is 17.6 Å². The molecule has 4 rings (SSSR count). The summed E-state index contributed by atoms with van der Waals surface area (Å²) in [5, 5.41) is 11.3. The fourth-order valence-corrected chi connectivity index (χ4v) is 3.64. The van der Waals surface area contributed by atoms with Crippen molar-refractivity contribution in [2.24, 2.45) is 0 Å². The number of fused-ring (bicyclic) bond motifs is 1. The summed E-state index contributed by atoms with van der Waals surface area (Å²) in [5.74, 6) is -0.421. The average Bonchev–Trinajstić information content (AvgIpc) is 3.43. The number of carbonyl (C=O) groups excluding carboxylic acids is 2. The highest BCUT2D eigenvalue weighted by atomic mass is 16.5. The summed E-state index contributed by atoms with van der Waals surface area (Å²) >= 11 is 0. The van der Waals surface area contributed by atoms with Gasteiger partial charge in [-0.3, -0.25) is 9.59 Å². The molecule has 0 aliphatic carbocycles. The molecule has 156 valence electrons. The number of methoxy groups -OCH3 is 2. The molecule has 30 heavy (non-hydrogen) atoms. The van der Waals surface area contributed by atoms with E-state index in [1.165, 1.54) is 19.1 Å². The molecule has 0 bridgehead atoms. The highest BCUT2D eigenvalue weighted by Gasteiger charge is 2.45.